The molecule has 2 N–H and O–H groups in total. The fraction of sp³-hybridized carbons (Fsp3) is 0.300. The Morgan fingerprint density at radius 2 is 2.18 bits per heavy atom. The van der Waals surface area contributed by atoms with Crippen LogP contribution in [0.5, 0.6) is 0 Å². The molecule has 0 radical (unpaired) electrons. The monoisotopic (exact) mass is 275 g/mol. The molecule has 0 aliphatic carbocycles. The van der Waals surface area contributed by atoms with Crippen LogP contribution in [0.3, 0.4) is 0 Å². The summed E-state index contributed by atoms with van der Waals surface area (Å²) in [5.41, 5.74) is 1.00. The second-order valence-corrected chi connectivity index (χ2v) is 6.26. The molecule has 0 aliphatic heterocycles. The SMILES string of the molecule is CC(C)=CCNS(=O)(=O)c1csc(C(=O)O)c1. The van der Waals surface area contributed by atoms with Crippen molar-refractivity contribution in [1.82, 2.24) is 4.72 Å². The maximum Gasteiger partial charge on any atom is 0.345 e. The van der Waals surface area contributed by atoms with Gasteiger partial charge in [-0.1, -0.05) is 11.6 Å². The number of hydrogen-bond acceptors (Lipinski definition) is 4. The van der Waals surface area contributed by atoms with E-state index in [2.05, 4.69) is 4.72 Å². The molecule has 0 atom stereocenters. The van der Waals surface area contributed by atoms with Crippen LogP contribution in [0.15, 0.2) is 28.0 Å². The number of carbonyl (C=O) groups is 1. The van der Waals surface area contributed by atoms with E-state index < -0.39 is 16.0 Å². The van der Waals surface area contributed by atoms with E-state index in [1.807, 2.05) is 13.8 Å². The highest BCUT2D eigenvalue weighted by atomic mass is 32.2. The third kappa shape index (κ3) is 3.95. The van der Waals surface area contributed by atoms with E-state index >= 15 is 0 Å². The minimum Gasteiger partial charge on any atom is -0.477 e. The number of thiophene rings is 1. The summed E-state index contributed by atoms with van der Waals surface area (Å²) in [7, 11) is -3.62. The standard InChI is InChI=1S/C10H13NO4S2/c1-7(2)3-4-11-17(14,15)8-5-9(10(12)13)16-6-8/h3,5-6,11H,4H2,1-2H3,(H,12,13). The molecule has 0 aromatic carbocycles. The van der Waals surface area contributed by atoms with E-state index in [0.29, 0.717) is 0 Å². The van der Waals surface area contributed by atoms with Crippen molar-refractivity contribution in [2.75, 3.05) is 6.54 Å². The molecular formula is C10H13NO4S2. The Morgan fingerprint density at radius 1 is 1.53 bits per heavy atom. The first-order valence-corrected chi connectivity index (χ1v) is 7.14. The lowest BCUT2D eigenvalue weighted by atomic mass is 10.3. The molecule has 0 spiro atoms. The van der Waals surface area contributed by atoms with Crippen molar-refractivity contribution in [1.29, 1.82) is 0 Å². The van der Waals surface area contributed by atoms with Crippen molar-refractivity contribution in [3.63, 3.8) is 0 Å². The minimum atomic E-state index is -3.62. The Kier molecular flexibility index (Phi) is 4.44. The predicted molar refractivity (Wildman–Crippen MR) is 65.9 cm³/mol. The van der Waals surface area contributed by atoms with Gasteiger partial charge in [-0.25, -0.2) is 17.9 Å². The van der Waals surface area contributed by atoms with E-state index in [4.69, 9.17) is 5.11 Å². The van der Waals surface area contributed by atoms with Crippen LogP contribution in [0.25, 0.3) is 0 Å². The zero-order valence-corrected chi connectivity index (χ0v) is 11.1. The van der Waals surface area contributed by atoms with Crippen LogP contribution in [-0.4, -0.2) is 26.0 Å². The Morgan fingerprint density at radius 3 is 2.65 bits per heavy atom. The maximum absolute atomic E-state index is 11.7. The molecule has 1 heterocycles. The Hall–Kier alpha value is -1.18. The minimum absolute atomic E-state index is 0.00703. The summed E-state index contributed by atoms with van der Waals surface area (Å²) >= 11 is 0.890. The van der Waals surface area contributed by atoms with E-state index in [9.17, 15) is 13.2 Å². The second-order valence-electron chi connectivity index (χ2n) is 3.59. The van der Waals surface area contributed by atoms with Crippen LogP contribution in [0.1, 0.15) is 23.5 Å². The molecule has 0 unspecified atom stereocenters. The largest absolute Gasteiger partial charge is 0.477 e. The van der Waals surface area contributed by atoms with Gasteiger partial charge < -0.3 is 5.11 Å². The number of sulfonamides is 1. The van der Waals surface area contributed by atoms with Gasteiger partial charge in [0.15, 0.2) is 0 Å². The summed E-state index contributed by atoms with van der Waals surface area (Å²) < 4.78 is 25.8. The predicted octanol–water partition coefficient (Wildman–Crippen LogP) is 1.69. The number of carboxylic acid groups (broad SMARTS) is 1. The van der Waals surface area contributed by atoms with Gasteiger partial charge in [-0.05, 0) is 19.9 Å². The zero-order valence-electron chi connectivity index (χ0n) is 9.43. The topological polar surface area (TPSA) is 83.5 Å². The number of hydrogen-bond donors (Lipinski definition) is 2. The molecule has 0 saturated carbocycles. The quantitative estimate of drug-likeness (QED) is 0.801. The second kappa shape index (κ2) is 5.44. The van der Waals surface area contributed by atoms with Gasteiger partial charge in [-0.2, -0.15) is 0 Å². The van der Waals surface area contributed by atoms with Gasteiger partial charge in [-0.3, -0.25) is 0 Å². The molecule has 0 bridgehead atoms. The molecule has 1 aromatic rings. The molecule has 17 heavy (non-hydrogen) atoms. The van der Waals surface area contributed by atoms with Crippen molar-refractivity contribution in [2.45, 2.75) is 18.7 Å². The summed E-state index contributed by atoms with van der Waals surface area (Å²) in [5, 5.41) is 10.0. The fourth-order valence-corrected chi connectivity index (χ4v) is 3.09. The van der Waals surface area contributed by atoms with Gasteiger partial charge in [-0.15, -0.1) is 11.3 Å². The molecule has 0 fully saturated rings. The number of aromatic carboxylic acids is 1. The Bertz CT molecular complexity index is 538. The Balaban J connectivity index is 2.82. The highest BCUT2D eigenvalue weighted by Gasteiger charge is 2.17. The van der Waals surface area contributed by atoms with E-state index in [1.54, 1.807) is 6.08 Å². The lowest BCUT2D eigenvalue weighted by Crippen LogP contribution is -2.23. The van der Waals surface area contributed by atoms with Crippen molar-refractivity contribution >= 4 is 27.3 Å². The number of carboxylic acids is 1. The summed E-state index contributed by atoms with van der Waals surface area (Å²) in [6, 6.07) is 1.15. The molecule has 1 aromatic heterocycles. The van der Waals surface area contributed by atoms with Crippen LogP contribution in [0, 0.1) is 0 Å². The molecule has 5 nitrogen and oxygen atoms in total. The normalized spacial score (nSPS) is 11.2. The van der Waals surface area contributed by atoms with Crippen LogP contribution < -0.4 is 4.72 Å². The average molecular weight is 275 g/mol. The van der Waals surface area contributed by atoms with E-state index in [-0.39, 0.29) is 16.3 Å². The molecule has 1 rings (SSSR count). The summed E-state index contributed by atoms with van der Waals surface area (Å²) in [5.74, 6) is -1.12. The number of rotatable bonds is 5. The Labute approximate surface area is 104 Å². The molecule has 7 heteroatoms. The smallest absolute Gasteiger partial charge is 0.345 e. The third-order valence-electron chi connectivity index (χ3n) is 1.88. The van der Waals surface area contributed by atoms with Crippen LogP contribution in [0.2, 0.25) is 0 Å². The highest BCUT2D eigenvalue weighted by molar-refractivity contribution is 7.89. The first-order chi connectivity index (χ1) is 7.83. The highest BCUT2D eigenvalue weighted by Crippen LogP contribution is 2.18. The molecule has 0 saturated heterocycles. The lowest BCUT2D eigenvalue weighted by molar-refractivity contribution is 0.0702. The summed E-state index contributed by atoms with van der Waals surface area (Å²) in [4.78, 5) is 10.6. The van der Waals surface area contributed by atoms with Gasteiger partial charge in [0.2, 0.25) is 10.0 Å². The van der Waals surface area contributed by atoms with Crippen molar-refractivity contribution in [3.05, 3.63) is 28.0 Å². The van der Waals surface area contributed by atoms with Gasteiger partial charge in [0.25, 0.3) is 0 Å². The molecule has 94 valence electrons. The van der Waals surface area contributed by atoms with Crippen molar-refractivity contribution < 1.29 is 18.3 Å². The van der Waals surface area contributed by atoms with Gasteiger partial charge in [0.1, 0.15) is 4.88 Å². The number of allylic oxidation sites excluding steroid dienone is 1. The first-order valence-electron chi connectivity index (χ1n) is 4.78. The maximum atomic E-state index is 11.7. The fourth-order valence-electron chi connectivity index (χ4n) is 1.01. The molecular weight excluding hydrogens is 262 g/mol. The zero-order chi connectivity index (χ0) is 13.1. The first kappa shape index (κ1) is 13.9. The van der Waals surface area contributed by atoms with Crippen LogP contribution >= 0.6 is 11.3 Å². The van der Waals surface area contributed by atoms with Gasteiger partial charge in [0, 0.05) is 11.9 Å². The number of nitrogens with one attached hydrogen (secondary N) is 1. The third-order valence-corrected chi connectivity index (χ3v) is 4.35. The average Bonchev–Trinajstić information content (AvgIpc) is 2.65. The van der Waals surface area contributed by atoms with E-state index in [1.165, 1.54) is 5.38 Å². The van der Waals surface area contributed by atoms with Gasteiger partial charge in [0.05, 0.1) is 4.90 Å². The van der Waals surface area contributed by atoms with Gasteiger partial charge >= 0.3 is 5.97 Å². The van der Waals surface area contributed by atoms with Crippen LogP contribution in [-0.2, 0) is 10.0 Å². The molecule has 0 amide bonds. The lowest BCUT2D eigenvalue weighted by Gasteiger charge is -2.01. The van der Waals surface area contributed by atoms with Crippen molar-refractivity contribution in [3.8, 4) is 0 Å². The van der Waals surface area contributed by atoms with Crippen molar-refractivity contribution in [2.24, 2.45) is 0 Å². The summed E-state index contributed by atoms with van der Waals surface area (Å²) in [6.07, 6.45) is 1.74. The van der Waals surface area contributed by atoms with Crippen LogP contribution in [0.4, 0.5) is 0 Å². The molecule has 0 aliphatic rings. The summed E-state index contributed by atoms with van der Waals surface area (Å²) in [6.45, 7) is 3.92. The van der Waals surface area contributed by atoms with E-state index in [0.717, 1.165) is 23.0 Å².